The molecule has 1 unspecified atom stereocenters. The molecule has 2 heterocycles. The Balaban J connectivity index is 2.11. The van der Waals surface area contributed by atoms with Gasteiger partial charge in [0.05, 0.1) is 36.1 Å². The van der Waals surface area contributed by atoms with E-state index in [0.29, 0.717) is 17.1 Å². The quantitative estimate of drug-likeness (QED) is 0.677. The number of rotatable bonds is 5. The molecule has 31 heavy (non-hydrogen) atoms. The number of imidazole rings is 1. The van der Waals surface area contributed by atoms with Crippen LogP contribution in [0.5, 0.6) is 0 Å². The molecule has 10 heteroatoms. The van der Waals surface area contributed by atoms with E-state index in [1.54, 1.807) is 20.9 Å². The first kappa shape index (κ1) is 23.1. The average molecular weight is 452 g/mol. The molecule has 1 atom stereocenters. The molecule has 0 aromatic carbocycles. The van der Waals surface area contributed by atoms with E-state index in [-0.39, 0.29) is 22.4 Å². The van der Waals surface area contributed by atoms with Crippen molar-refractivity contribution in [2.75, 3.05) is 13.4 Å². The summed E-state index contributed by atoms with van der Waals surface area (Å²) in [5.74, 6) is -2.02. The van der Waals surface area contributed by atoms with E-state index in [2.05, 4.69) is 10.3 Å². The number of allylic oxidation sites excluding steroid dienone is 2. The Hall–Kier alpha value is -2.62. The molecule has 2 aliphatic rings. The van der Waals surface area contributed by atoms with Gasteiger partial charge in [0.25, 0.3) is 0 Å². The summed E-state index contributed by atoms with van der Waals surface area (Å²) in [6, 6.07) is 0. The maximum absolute atomic E-state index is 13.3. The van der Waals surface area contributed by atoms with Gasteiger partial charge in [-0.05, 0) is 39.5 Å². The monoisotopic (exact) mass is 451 g/mol. The SMILES string of the molecule is COC(=O)C1=C(C)NC(C)=C(C(=O)OC2CCCCC2)C1c1cnc(S(C)(=O)=O)n1C. The van der Waals surface area contributed by atoms with Crippen LogP contribution >= 0.6 is 0 Å². The van der Waals surface area contributed by atoms with Crippen molar-refractivity contribution in [3.05, 3.63) is 34.4 Å². The lowest BCUT2D eigenvalue weighted by Crippen LogP contribution is -2.34. The first-order valence-corrected chi connectivity index (χ1v) is 12.1. The zero-order valence-electron chi connectivity index (χ0n) is 18.5. The standard InChI is InChI=1S/C21H29N3O6S/c1-12-16(19(25)29-4)18(15-11-22-21(24(15)3)31(5,27)28)17(13(2)23-12)20(26)30-14-9-7-6-8-10-14/h11,14,18,23H,6-10H2,1-5H3. The zero-order chi connectivity index (χ0) is 22.9. The highest BCUT2D eigenvalue weighted by molar-refractivity contribution is 7.90. The molecule has 1 aliphatic carbocycles. The number of hydrogen-bond donors (Lipinski definition) is 1. The number of hydrogen-bond acceptors (Lipinski definition) is 8. The number of dihydropyridines is 1. The molecular formula is C21H29N3O6S. The summed E-state index contributed by atoms with van der Waals surface area (Å²) in [7, 11) is -0.804. The third-order valence-electron chi connectivity index (χ3n) is 5.82. The Morgan fingerprint density at radius 3 is 2.19 bits per heavy atom. The Morgan fingerprint density at radius 1 is 1.10 bits per heavy atom. The number of sulfone groups is 1. The van der Waals surface area contributed by atoms with Gasteiger partial charge in [0.2, 0.25) is 15.0 Å². The summed E-state index contributed by atoms with van der Waals surface area (Å²) in [6.07, 6.45) is 7.00. The van der Waals surface area contributed by atoms with Crippen LogP contribution in [-0.2, 0) is 35.9 Å². The van der Waals surface area contributed by atoms with E-state index in [1.165, 1.54) is 17.9 Å². The molecule has 0 radical (unpaired) electrons. The number of aromatic nitrogens is 2. The van der Waals surface area contributed by atoms with Crippen LogP contribution in [0.2, 0.25) is 0 Å². The molecule has 9 nitrogen and oxygen atoms in total. The molecule has 1 aromatic rings. The molecule has 1 fully saturated rings. The fourth-order valence-electron chi connectivity index (χ4n) is 4.36. The molecule has 3 rings (SSSR count). The van der Waals surface area contributed by atoms with Crippen molar-refractivity contribution in [1.29, 1.82) is 0 Å². The second-order valence-corrected chi connectivity index (χ2v) is 10.00. The summed E-state index contributed by atoms with van der Waals surface area (Å²) < 4.78 is 36.4. The van der Waals surface area contributed by atoms with Gasteiger partial charge in [0.15, 0.2) is 0 Å². The van der Waals surface area contributed by atoms with E-state index < -0.39 is 27.7 Å². The Kier molecular flexibility index (Phi) is 6.59. The number of nitrogens with one attached hydrogen (secondary N) is 1. The predicted molar refractivity (Wildman–Crippen MR) is 113 cm³/mol. The van der Waals surface area contributed by atoms with Crippen LogP contribution in [0, 0.1) is 0 Å². The lowest BCUT2D eigenvalue weighted by molar-refractivity contribution is -0.146. The van der Waals surface area contributed by atoms with Crippen molar-refractivity contribution >= 4 is 21.8 Å². The van der Waals surface area contributed by atoms with E-state index in [0.717, 1.165) is 38.4 Å². The van der Waals surface area contributed by atoms with Crippen LogP contribution in [0.4, 0.5) is 0 Å². The molecule has 1 aliphatic heterocycles. The molecule has 1 aromatic heterocycles. The average Bonchev–Trinajstić information content (AvgIpc) is 3.09. The Bertz CT molecular complexity index is 1060. The summed E-state index contributed by atoms with van der Waals surface area (Å²) in [6.45, 7) is 3.44. The highest BCUT2D eigenvalue weighted by Crippen LogP contribution is 2.40. The van der Waals surface area contributed by atoms with Crippen molar-refractivity contribution in [3.8, 4) is 0 Å². The first-order chi connectivity index (χ1) is 14.6. The maximum atomic E-state index is 13.3. The predicted octanol–water partition coefficient (Wildman–Crippen LogP) is 2.11. The van der Waals surface area contributed by atoms with Crippen LogP contribution in [0.25, 0.3) is 0 Å². The molecule has 0 bridgehead atoms. The number of ether oxygens (including phenoxy) is 2. The van der Waals surface area contributed by atoms with Crippen molar-refractivity contribution in [3.63, 3.8) is 0 Å². The van der Waals surface area contributed by atoms with Crippen molar-refractivity contribution < 1.29 is 27.5 Å². The molecule has 0 spiro atoms. The van der Waals surface area contributed by atoms with Crippen LogP contribution in [-0.4, -0.2) is 49.4 Å². The van der Waals surface area contributed by atoms with E-state index in [4.69, 9.17) is 9.47 Å². The van der Waals surface area contributed by atoms with Crippen molar-refractivity contribution in [2.45, 2.75) is 63.1 Å². The summed E-state index contributed by atoms with van der Waals surface area (Å²) >= 11 is 0. The van der Waals surface area contributed by atoms with E-state index >= 15 is 0 Å². The fraction of sp³-hybridized carbons (Fsp3) is 0.571. The normalized spacial score (nSPS) is 20.5. The molecule has 0 saturated heterocycles. The second kappa shape index (κ2) is 8.86. The van der Waals surface area contributed by atoms with Gasteiger partial charge in [-0.1, -0.05) is 6.42 Å². The van der Waals surface area contributed by atoms with Gasteiger partial charge in [0, 0.05) is 24.7 Å². The minimum atomic E-state index is -3.61. The minimum Gasteiger partial charge on any atom is -0.466 e. The van der Waals surface area contributed by atoms with Gasteiger partial charge < -0.3 is 19.4 Å². The summed E-state index contributed by atoms with van der Waals surface area (Å²) in [4.78, 5) is 30.0. The lowest BCUT2D eigenvalue weighted by atomic mass is 9.83. The van der Waals surface area contributed by atoms with Crippen LogP contribution in [0.15, 0.2) is 33.9 Å². The third-order valence-corrected chi connectivity index (χ3v) is 6.86. The van der Waals surface area contributed by atoms with Gasteiger partial charge in [-0.2, -0.15) is 0 Å². The number of nitrogens with zero attached hydrogens (tertiary/aromatic N) is 2. The van der Waals surface area contributed by atoms with Gasteiger partial charge >= 0.3 is 11.9 Å². The van der Waals surface area contributed by atoms with Crippen molar-refractivity contribution in [1.82, 2.24) is 14.9 Å². The Morgan fingerprint density at radius 2 is 1.68 bits per heavy atom. The Labute approximate surface area is 182 Å². The first-order valence-electron chi connectivity index (χ1n) is 10.3. The topological polar surface area (TPSA) is 117 Å². The maximum Gasteiger partial charge on any atom is 0.337 e. The number of esters is 2. The van der Waals surface area contributed by atoms with Crippen molar-refractivity contribution in [2.24, 2.45) is 7.05 Å². The van der Waals surface area contributed by atoms with Gasteiger partial charge in [-0.25, -0.2) is 23.0 Å². The molecule has 1 saturated carbocycles. The number of carbonyl (C=O) groups is 2. The molecular weight excluding hydrogens is 422 g/mol. The highest BCUT2D eigenvalue weighted by Gasteiger charge is 2.40. The largest absolute Gasteiger partial charge is 0.466 e. The highest BCUT2D eigenvalue weighted by atomic mass is 32.2. The zero-order valence-corrected chi connectivity index (χ0v) is 19.3. The van der Waals surface area contributed by atoms with Crippen LogP contribution < -0.4 is 5.32 Å². The van der Waals surface area contributed by atoms with Gasteiger partial charge in [-0.3, -0.25) is 0 Å². The molecule has 0 amide bonds. The lowest BCUT2D eigenvalue weighted by Gasteiger charge is -2.31. The smallest absolute Gasteiger partial charge is 0.337 e. The van der Waals surface area contributed by atoms with E-state index in [9.17, 15) is 18.0 Å². The molecule has 170 valence electrons. The van der Waals surface area contributed by atoms with Gasteiger partial charge in [-0.15, -0.1) is 0 Å². The van der Waals surface area contributed by atoms with Crippen LogP contribution in [0.1, 0.15) is 57.6 Å². The third kappa shape index (κ3) is 4.53. The van der Waals surface area contributed by atoms with Gasteiger partial charge in [0.1, 0.15) is 6.10 Å². The summed E-state index contributed by atoms with van der Waals surface area (Å²) in [5, 5.41) is 2.93. The minimum absolute atomic E-state index is 0.152. The fourth-order valence-corrected chi connectivity index (χ4v) is 5.20. The number of methoxy groups -OCH3 is 1. The molecule has 1 N–H and O–H groups in total. The second-order valence-electron chi connectivity index (χ2n) is 8.09. The number of carbonyl (C=O) groups excluding carboxylic acids is 2. The summed E-state index contributed by atoms with van der Waals surface area (Å²) in [5.41, 5.74) is 1.91. The van der Waals surface area contributed by atoms with Crippen LogP contribution in [0.3, 0.4) is 0 Å². The van der Waals surface area contributed by atoms with E-state index in [1.807, 2.05) is 0 Å².